The van der Waals surface area contributed by atoms with Crippen LogP contribution < -0.4 is 24.6 Å². The van der Waals surface area contributed by atoms with Gasteiger partial charge in [-0.3, -0.25) is 9.59 Å². The fourth-order valence-corrected chi connectivity index (χ4v) is 3.81. The Hall–Kier alpha value is -3.33. The summed E-state index contributed by atoms with van der Waals surface area (Å²) in [6, 6.07) is 8.96. The zero-order chi connectivity index (χ0) is 21.8. The molecule has 0 saturated carbocycles. The molecule has 9 nitrogen and oxygen atoms in total. The number of hydrogen-bond acceptors (Lipinski definition) is 7. The number of benzene rings is 1. The molecule has 2 aliphatic heterocycles. The number of hydrogen-bond donors (Lipinski definition) is 1. The molecule has 4 rings (SSSR count). The zero-order valence-corrected chi connectivity index (χ0v) is 17.7. The summed E-state index contributed by atoms with van der Waals surface area (Å²) in [6.07, 6.45) is 1.77. The summed E-state index contributed by atoms with van der Waals surface area (Å²) in [7, 11) is 3.11. The molecule has 0 aliphatic carbocycles. The van der Waals surface area contributed by atoms with Gasteiger partial charge in [-0.1, -0.05) is 0 Å². The van der Waals surface area contributed by atoms with Gasteiger partial charge in [0.25, 0.3) is 0 Å². The number of ether oxygens (including phenoxy) is 3. The van der Waals surface area contributed by atoms with Crippen LogP contribution in [-0.4, -0.2) is 63.9 Å². The molecule has 2 saturated heterocycles. The Morgan fingerprint density at radius 1 is 1.16 bits per heavy atom. The molecule has 1 atom stereocenters. The Bertz CT molecular complexity index is 943. The van der Waals surface area contributed by atoms with Gasteiger partial charge in [0.2, 0.25) is 11.8 Å². The van der Waals surface area contributed by atoms with Crippen molar-refractivity contribution in [2.45, 2.75) is 6.42 Å². The lowest BCUT2D eigenvalue weighted by Crippen LogP contribution is -2.36. The minimum absolute atomic E-state index is 0.130. The number of morpholine rings is 1. The quantitative estimate of drug-likeness (QED) is 0.754. The SMILES string of the molecule is COc1ccc(OC)c(N2CC(C(=O)Nc3ccc(N4CCOCC4)nc3)CC2=O)c1. The van der Waals surface area contributed by atoms with E-state index in [9.17, 15) is 9.59 Å². The van der Waals surface area contributed by atoms with Crippen LogP contribution in [0.2, 0.25) is 0 Å². The Labute approximate surface area is 180 Å². The first-order valence-corrected chi connectivity index (χ1v) is 10.2. The molecule has 1 unspecified atom stereocenters. The molecule has 2 fully saturated rings. The van der Waals surface area contributed by atoms with E-state index in [4.69, 9.17) is 14.2 Å². The van der Waals surface area contributed by atoms with Crippen molar-refractivity contribution >= 4 is 29.0 Å². The summed E-state index contributed by atoms with van der Waals surface area (Å²) in [4.78, 5) is 33.6. The standard InChI is InChI=1S/C22H26N4O5/c1-29-17-4-5-19(30-2)18(12-17)26-14-15(11-21(26)27)22(28)24-16-3-6-20(23-13-16)25-7-9-31-10-8-25/h3-6,12-13,15H,7-11,14H2,1-2H3,(H,24,28). The van der Waals surface area contributed by atoms with Crippen LogP contribution in [0.5, 0.6) is 11.5 Å². The first kappa shape index (κ1) is 20.9. The van der Waals surface area contributed by atoms with Crippen LogP contribution in [0.4, 0.5) is 17.2 Å². The fraction of sp³-hybridized carbons (Fsp3) is 0.409. The van der Waals surface area contributed by atoms with Crippen molar-refractivity contribution in [3.63, 3.8) is 0 Å². The lowest BCUT2D eigenvalue weighted by Gasteiger charge is -2.27. The number of aromatic nitrogens is 1. The van der Waals surface area contributed by atoms with Gasteiger partial charge in [0.05, 0.1) is 50.9 Å². The van der Waals surface area contributed by atoms with E-state index < -0.39 is 5.92 Å². The van der Waals surface area contributed by atoms with E-state index in [0.717, 1.165) is 18.9 Å². The van der Waals surface area contributed by atoms with Crippen molar-refractivity contribution in [1.29, 1.82) is 0 Å². The fourth-order valence-electron chi connectivity index (χ4n) is 3.81. The molecular weight excluding hydrogens is 400 g/mol. The van der Waals surface area contributed by atoms with E-state index >= 15 is 0 Å². The Morgan fingerprint density at radius 2 is 1.97 bits per heavy atom. The van der Waals surface area contributed by atoms with Crippen LogP contribution in [0, 0.1) is 5.92 Å². The lowest BCUT2D eigenvalue weighted by molar-refractivity contribution is -0.122. The molecule has 2 aromatic rings. The first-order chi connectivity index (χ1) is 15.1. The number of nitrogens with one attached hydrogen (secondary N) is 1. The van der Waals surface area contributed by atoms with Crippen LogP contribution in [0.3, 0.4) is 0 Å². The summed E-state index contributed by atoms with van der Waals surface area (Å²) >= 11 is 0. The van der Waals surface area contributed by atoms with Gasteiger partial charge in [0.15, 0.2) is 0 Å². The van der Waals surface area contributed by atoms with Gasteiger partial charge < -0.3 is 29.3 Å². The third-order valence-electron chi connectivity index (χ3n) is 5.52. The van der Waals surface area contributed by atoms with Gasteiger partial charge >= 0.3 is 0 Å². The molecule has 164 valence electrons. The van der Waals surface area contributed by atoms with Crippen LogP contribution >= 0.6 is 0 Å². The molecule has 2 aliphatic rings. The number of nitrogens with zero attached hydrogens (tertiary/aromatic N) is 3. The molecule has 2 amide bonds. The molecule has 0 bridgehead atoms. The number of rotatable bonds is 6. The summed E-state index contributed by atoms with van der Waals surface area (Å²) in [6.45, 7) is 3.24. The minimum Gasteiger partial charge on any atom is -0.497 e. The van der Waals surface area contributed by atoms with Crippen LogP contribution in [-0.2, 0) is 14.3 Å². The topological polar surface area (TPSA) is 93.2 Å². The van der Waals surface area contributed by atoms with E-state index in [1.165, 1.54) is 0 Å². The highest BCUT2D eigenvalue weighted by atomic mass is 16.5. The van der Waals surface area contributed by atoms with E-state index in [1.807, 2.05) is 12.1 Å². The number of anilines is 3. The lowest BCUT2D eigenvalue weighted by atomic mass is 10.1. The highest BCUT2D eigenvalue weighted by molar-refractivity contribution is 6.04. The van der Waals surface area contributed by atoms with Crippen molar-refractivity contribution < 1.29 is 23.8 Å². The van der Waals surface area contributed by atoms with Crippen molar-refractivity contribution in [2.75, 3.05) is 62.2 Å². The summed E-state index contributed by atoms with van der Waals surface area (Å²) in [5.41, 5.74) is 1.20. The number of carbonyl (C=O) groups is 2. The third kappa shape index (κ3) is 4.56. The van der Waals surface area contributed by atoms with Crippen LogP contribution in [0.25, 0.3) is 0 Å². The largest absolute Gasteiger partial charge is 0.497 e. The highest BCUT2D eigenvalue weighted by Gasteiger charge is 2.36. The van der Waals surface area contributed by atoms with Gasteiger partial charge in [-0.05, 0) is 24.3 Å². The number of carbonyl (C=O) groups excluding carboxylic acids is 2. The highest BCUT2D eigenvalue weighted by Crippen LogP contribution is 2.36. The van der Waals surface area contributed by atoms with Crippen LogP contribution in [0.1, 0.15) is 6.42 Å². The van der Waals surface area contributed by atoms with Crippen molar-refractivity contribution in [2.24, 2.45) is 5.92 Å². The van der Waals surface area contributed by atoms with Crippen LogP contribution in [0.15, 0.2) is 36.5 Å². The Balaban J connectivity index is 1.42. The maximum Gasteiger partial charge on any atom is 0.229 e. The van der Waals surface area contributed by atoms with Gasteiger partial charge in [-0.25, -0.2) is 4.98 Å². The van der Waals surface area contributed by atoms with Gasteiger partial charge in [-0.2, -0.15) is 0 Å². The molecule has 1 N–H and O–H groups in total. The molecule has 1 aromatic carbocycles. The van der Waals surface area contributed by atoms with Crippen molar-refractivity contribution in [1.82, 2.24) is 4.98 Å². The average molecular weight is 426 g/mol. The van der Waals surface area contributed by atoms with Gasteiger partial charge in [0, 0.05) is 32.1 Å². The van der Waals surface area contributed by atoms with Crippen molar-refractivity contribution in [3.8, 4) is 11.5 Å². The molecule has 31 heavy (non-hydrogen) atoms. The molecule has 0 radical (unpaired) electrons. The molecule has 1 aromatic heterocycles. The van der Waals surface area contributed by atoms with Crippen molar-refractivity contribution in [3.05, 3.63) is 36.5 Å². The smallest absolute Gasteiger partial charge is 0.229 e. The number of methoxy groups -OCH3 is 2. The monoisotopic (exact) mass is 426 g/mol. The Kier molecular flexibility index (Phi) is 6.22. The number of amides is 2. The zero-order valence-electron chi connectivity index (χ0n) is 17.7. The molecular formula is C22H26N4O5. The predicted octanol–water partition coefficient (Wildman–Crippen LogP) is 1.93. The normalized spacial score (nSPS) is 18.8. The van der Waals surface area contributed by atoms with Gasteiger partial charge in [-0.15, -0.1) is 0 Å². The molecule has 3 heterocycles. The van der Waals surface area contributed by atoms with E-state index in [0.29, 0.717) is 36.1 Å². The summed E-state index contributed by atoms with van der Waals surface area (Å²) in [5, 5.41) is 2.88. The second-order valence-electron chi connectivity index (χ2n) is 7.44. The minimum atomic E-state index is -0.470. The Morgan fingerprint density at radius 3 is 2.65 bits per heavy atom. The number of pyridine rings is 1. The van der Waals surface area contributed by atoms with E-state index in [-0.39, 0.29) is 24.8 Å². The van der Waals surface area contributed by atoms with E-state index in [2.05, 4.69) is 15.2 Å². The predicted molar refractivity (Wildman–Crippen MR) is 116 cm³/mol. The second-order valence-corrected chi connectivity index (χ2v) is 7.44. The molecule has 9 heteroatoms. The summed E-state index contributed by atoms with van der Waals surface area (Å²) < 4.78 is 16.0. The summed E-state index contributed by atoms with van der Waals surface area (Å²) in [5.74, 6) is 1.21. The first-order valence-electron chi connectivity index (χ1n) is 10.2. The maximum atomic E-state index is 12.8. The third-order valence-corrected chi connectivity index (χ3v) is 5.52. The van der Waals surface area contributed by atoms with E-state index in [1.54, 1.807) is 43.5 Å². The maximum absolute atomic E-state index is 12.8. The van der Waals surface area contributed by atoms with Gasteiger partial charge in [0.1, 0.15) is 17.3 Å². The molecule has 0 spiro atoms. The second kappa shape index (κ2) is 9.22. The average Bonchev–Trinajstić information content (AvgIpc) is 3.21.